The Morgan fingerprint density at radius 3 is 2.72 bits per heavy atom. The van der Waals surface area contributed by atoms with Gasteiger partial charge in [0, 0.05) is 5.92 Å². The first-order valence-electron chi connectivity index (χ1n) is 6.44. The number of hydrogen-bond acceptors (Lipinski definition) is 3. The molecule has 0 N–H and O–H groups in total. The standard InChI is InChI=1S/C15H16NOS/c1-11-15(17-13-9-3-2-4-10-13)18-14(16-11)12-7-5-6-8-12/h3-4,9-10,12H,5-8H2,1H3. The van der Waals surface area contributed by atoms with Crippen LogP contribution < -0.4 is 4.74 Å². The second kappa shape index (κ2) is 5.11. The van der Waals surface area contributed by atoms with E-state index in [1.807, 2.05) is 31.2 Å². The van der Waals surface area contributed by atoms with E-state index in [4.69, 9.17) is 4.74 Å². The number of aryl methyl sites for hydroxylation is 1. The van der Waals surface area contributed by atoms with Gasteiger partial charge in [-0.05, 0) is 38.0 Å². The van der Waals surface area contributed by atoms with Crippen molar-refractivity contribution in [1.82, 2.24) is 4.98 Å². The molecule has 2 nitrogen and oxygen atoms in total. The molecule has 1 saturated carbocycles. The first kappa shape index (κ1) is 11.7. The van der Waals surface area contributed by atoms with Crippen LogP contribution in [0.3, 0.4) is 0 Å². The zero-order valence-electron chi connectivity index (χ0n) is 10.5. The lowest BCUT2D eigenvalue weighted by molar-refractivity contribution is 0.491. The molecule has 1 fully saturated rings. The Labute approximate surface area is 112 Å². The largest absolute Gasteiger partial charge is 0.445 e. The van der Waals surface area contributed by atoms with Crippen molar-refractivity contribution in [2.45, 2.75) is 38.5 Å². The number of hydrogen-bond donors (Lipinski definition) is 0. The molecule has 0 unspecified atom stereocenters. The molecule has 2 aromatic rings. The number of thiazole rings is 1. The minimum atomic E-state index is 0.662. The average molecular weight is 258 g/mol. The van der Waals surface area contributed by atoms with E-state index in [-0.39, 0.29) is 0 Å². The van der Waals surface area contributed by atoms with Crippen molar-refractivity contribution >= 4 is 11.3 Å². The van der Waals surface area contributed by atoms with Gasteiger partial charge in [-0.2, -0.15) is 0 Å². The summed E-state index contributed by atoms with van der Waals surface area (Å²) in [4.78, 5) is 4.67. The lowest BCUT2D eigenvalue weighted by Crippen LogP contribution is -1.90. The van der Waals surface area contributed by atoms with Crippen molar-refractivity contribution in [2.24, 2.45) is 0 Å². The first-order valence-corrected chi connectivity index (χ1v) is 7.26. The quantitative estimate of drug-likeness (QED) is 0.796. The summed E-state index contributed by atoms with van der Waals surface area (Å²) in [6.07, 6.45) is 5.25. The van der Waals surface area contributed by atoms with Crippen LogP contribution >= 0.6 is 11.3 Å². The summed E-state index contributed by atoms with van der Waals surface area (Å²) < 4.78 is 5.89. The summed E-state index contributed by atoms with van der Waals surface area (Å²) in [6.45, 7) is 2.03. The second-order valence-electron chi connectivity index (χ2n) is 4.74. The lowest BCUT2D eigenvalue weighted by atomic mass is 10.1. The van der Waals surface area contributed by atoms with Crippen LogP contribution in [-0.2, 0) is 0 Å². The van der Waals surface area contributed by atoms with Crippen LogP contribution in [0.4, 0.5) is 0 Å². The van der Waals surface area contributed by atoms with Gasteiger partial charge in [-0.3, -0.25) is 0 Å². The zero-order chi connectivity index (χ0) is 12.4. The van der Waals surface area contributed by atoms with E-state index >= 15 is 0 Å². The molecule has 18 heavy (non-hydrogen) atoms. The van der Waals surface area contributed by atoms with Crippen molar-refractivity contribution in [3.8, 4) is 10.8 Å². The minimum Gasteiger partial charge on any atom is -0.445 e. The van der Waals surface area contributed by atoms with Gasteiger partial charge in [0.15, 0.2) is 0 Å². The maximum Gasteiger partial charge on any atom is 0.203 e. The average Bonchev–Trinajstić information content (AvgIpc) is 3.01. The van der Waals surface area contributed by atoms with Gasteiger partial charge in [0.1, 0.15) is 5.75 Å². The summed E-state index contributed by atoms with van der Waals surface area (Å²) in [5, 5.41) is 2.19. The SMILES string of the molecule is Cc1nc(C2CCCC2)sc1Oc1cc[c]cc1. The molecule has 1 aromatic carbocycles. The maximum absolute atomic E-state index is 5.89. The number of nitrogens with zero attached hydrogens (tertiary/aromatic N) is 1. The molecule has 0 spiro atoms. The molecule has 1 aliphatic carbocycles. The van der Waals surface area contributed by atoms with Crippen LogP contribution in [0, 0.1) is 13.0 Å². The number of ether oxygens (including phenoxy) is 1. The zero-order valence-corrected chi connectivity index (χ0v) is 11.3. The Morgan fingerprint density at radius 1 is 1.28 bits per heavy atom. The van der Waals surface area contributed by atoms with E-state index in [0.29, 0.717) is 5.92 Å². The first-order chi connectivity index (χ1) is 8.83. The van der Waals surface area contributed by atoms with Crippen molar-refractivity contribution in [2.75, 3.05) is 0 Å². The van der Waals surface area contributed by atoms with Gasteiger partial charge in [-0.1, -0.05) is 36.3 Å². The van der Waals surface area contributed by atoms with Gasteiger partial charge in [0.2, 0.25) is 5.06 Å². The lowest BCUT2D eigenvalue weighted by Gasteiger charge is -2.03. The molecule has 1 heterocycles. The van der Waals surface area contributed by atoms with Crippen molar-refractivity contribution in [3.05, 3.63) is 41.0 Å². The van der Waals surface area contributed by atoms with Crippen LogP contribution in [0.15, 0.2) is 24.3 Å². The van der Waals surface area contributed by atoms with Crippen LogP contribution in [0.5, 0.6) is 10.8 Å². The Hall–Kier alpha value is -1.35. The number of rotatable bonds is 3. The van der Waals surface area contributed by atoms with Crippen molar-refractivity contribution < 1.29 is 4.74 Å². The minimum absolute atomic E-state index is 0.662. The highest BCUT2D eigenvalue weighted by molar-refractivity contribution is 7.13. The molecule has 0 amide bonds. The molecule has 0 saturated heterocycles. The molecular formula is C15H16NOS. The Bertz CT molecular complexity index is 515. The molecule has 1 aromatic heterocycles. The highest BCUT2D eigenvalue weighted by Gasteiger charge is 2.22. The van der Waals surface area contributed by atoms with Crippen LogP contribution in [0.25, 0.3) is 0 Å². The van der Waals surface area contributed by atoms with Gasteiger partial charge in [0.05, 0.1) is 10.7 Å². The van der Waals surface area contributed by atoms with Gasteiger partial charge < -0.3 is 4.74 Å². The van der Waals surface area contributed by atoms with Crippen molar-refractivity contribution in [3.63, 3.8) is 0 Å². The normalized spacial score (nSPS) is 16.1. The van der Waals surface area contributed by atoms with Gasteiger partial charge >= 0.3 is 0 Å². The summed E-state index contributed by atoms with van der Waals surface area (Å²) in [5.41, 5.74) is 1.01. The molecule has 93 valence electrons. The smallest absolute Gasteiger partial charge is 0.203 e. The fraction of sp³-hybridized carbons (Fsp3) is 0.400. The third kappa shape index (κ3) is 2.41. The number of aromatic nitrogens is 1. The van der Waals surface area contributed by atoms with Crippen LogP contribution in [0.1, 0.15) is 42.3 Å². The molecule has 0 aliphatic heterocycles. The summed E-state index contributed by atoms with van der Waals surface area (Å²) >= 11 is 1.71. The predicted molar refractivity (Wildman–Crippen MR) is 73.4 cm³/mol. The van der Waals surface area contributed by atoms with Crippen molar-refractivity contribution in [1.29, 1.82) is 0 Å². The highest BCUT2D eigenvalue weighted by atomic mass is 32.1. The topological polar surface area (TPSA) is 22.1 Å². The van der Waals surface area contributed by atoms with Crippen LogP contribution in [0.2, 0.25) is 0 Å². The second-order valence-corrected chi connectivity index (χ2v) is 5.74. The predicted octanol–water partition coefficient (Wildman–Crippen LogP) is 4.70. The van der Waals surface area contributed by atoms with Gasteiger partial charge in [-0.25, -0.2) is 4.98 Å². The summed E-state index contributed by atoms with van der Waals surface area (Å²) in [7, 11) is 0. The summed E-state index contributed by atoms with van der Waals surface area (Å²) in [5.74, 6) is 1.52. The van der Waals surface area contributed by atoms with E-state index in [2.05, 4.69) is 11.1 Å². The summed E-state index contributed by atoms with van der Waals surface area (Å²) in [6, 6.07) is 10.6. The highest BCUT2D eigenvalue weighted by Crippen LogP contribution is 2.40. The van der Waals surface area contributed by atoms with E-state index in [0.717, 1.165) is 16.5 Å². The fourth-order valence-corrected chi connectivity index (χ4v) is 3.50. The molecule has 0 atom stereocenters. The van der Waals surface area contributed by atoms with Gasteiger partial charge in [-0.15, -0.1) is 0 Å². The van der Waals surface area contributed by atoms with E-state index in [1.54, 1.807) is 11.3 Å². The maximum atomic E-state index is 5.89. The van der Waals surface area contributed by atoms with E-state index in [9.17, 15) is 0 Å². The number of benzene rings is 1. The third-order valence-corrected chi connectivity index (χ3v) is 4.57. The molecule has 3 rings (SSSR count). The van der Waals surface area contributed by atoms with E-state index in [1.165, 1.54) is 30.7 Å². The molecule has 3 heteroatoms. The fourth-order valence-electron chi connectivity index (χ4n) is 2.39. The Balaban J connectivity index is 1.80. The Morgan fingerprint density at radius 2 is 2.00 bits per heavy atom. The Kier molecular flexibility index (Phi) is 3.33. The molecule has 1 aliphatic rings. The van der Waals surface area contributed by atoms with Gasteiger partial charge in [0.25, 0.3) is 0 Å². The van der Waals surface area contributed by atoms with Crippen LogP contribution in [-0.4, -0.2) is 4.98 Å². The monoisotopic (exact) mass is 258 g/mol. The van der Waals surface area contributed by atoms with E-state index < -0.39 is 0 Å². The third-order valence-electron chi connectivity index (χ3n) is 3.37. The molecular weight excluding hydrogens is 242 g/mol. The molecule has 1 radical (unpaired) electrons. The molecule has 0 bridgehead atoms.